The van der Waals surface area contributed by atoms with Crippen LogP contribution in [-0.2, 0) is 21.9 Å². The molecule has 28 heavy (non-hydrogen) atoms. The van der Waals surface area contributed by atoms with Gasteiger partial charge in [-0.2, -0.15) is 0 Å². The molecule has 0 fully saturated rings. The molecule has 0 saturated carbocycles. The number of hydrogen-bond acceptors (Lipinski definition) is 3. The van der Waals surface area contributed by atoms with Gasteiger partial charge in [-0.3, -0.25) is 9.59 Å². The summed E-state index contributed by atoms with van der Waals surface area (Å²) in [5, 5.41) is 3.50. The summed E-state index contributed by atoms with van der Waals surface area (Å²) >= 11 is 11.1. The van der Waals surface area contributed by atoms with Gasteiger partial charge in [-0.15, -0.1) is 11.8 Å². The summed E-state index contributed by atoms with van der Waals surface area (Å²) in [5.41, 5.74) is 1.97. The minimum Gasteiger partial charge on any atom is -0.355 e. The molecule has 4 nitrogen and oxygen atoms in total. The van der Waals surface area contributed by atoms with E-state index in [2.05, 4.69) is 21.2 Å². The first kappa shape index (κ1) is 22.8. The van der Waals surface area contributed by atoms with Gasteiger partial charge in [-0.25, -0.2) is 0 Å². The van der Waals surface area contributed by atoms with E-state index in [4.69, 9.17) is 11.6 Å². The zero-order chi connectivity index (χ0) is 20.5. The number of nitrogens with one attached hydrogen (secondary N) is 1. The Kier molecular flexibility index (Phi) is 9.35. The Labute approximate surface area is 184 Å². The van der Waals surface area contributed by atoms with E-state index in [0.717, 1.165) is 15.6 Å². The van der Waals surface area contributed by atoms with Crippen LogP contribution in [0, 0.1) is 0 Å². The van der Waals surface area contributed by atoms with Crippen LogP contribution in [0.4, 0.5) is 0 Å². The van der Waals surface area contributed by atoms with Gasteiger partial charge in [0.2, 0.25) is 11.8 Å². The zero-order valence-corrected chi connectivity index (χ0v) is 19.1. The van der Waals surface area contributed by atoms with Gasteiger partial charge < -0.3 is 10.2 Å². The van der Waals surface area contributed by atoms with E-state index in [-0.39, 0.29) is 17.6 Å². The van der Waals surface area contributed by atoms with Gasteiger partial charge in [0.05, 0.1) is 5.75 Å². The van der Waals surface area contributed by atoms with Crippen LogP contribution in [-0.4, -0.2) is 35.1 Å². The lowest BCUT2D eigenvalue weighted by Crippen LogP contribution is -2.48. The maximum Gasteiger partial charge on any atom is 0.242 e. The van der Waals surface area contributed by atoms with Crippen molar-refractivity contribution < 1.29 is 9.59 Å². The molecule has 0 saturated heterocycles. The molecule has 0 heterocycles. The van der Waals surface area contributed by atoms with E-state index >= 15 is 0 Å². The fourth-order valence-electron chi connectivity index (χ4n) is 2.64. The number of benzene rings is 2. The number of carbonyl (C=O) groups excluding carboxylic acids is 2. The lowest BCUT2D eigenvalue weighted by atomic mass is 10.1. The summed E-state index contributed by atoms with van der Waals surface area (Å²) in [6.45, 7) is 4.55. The van der Waals surface area contributed by atoms with Crippen molar-refractivity contribution in [1.29, 1.82) is 0 Å². The number of amides is 2. The molecule has 0 bridgehead atoms. The number of thioether (sulfide) groups is 1. The molecule has 2 rings (SSSR count). The van der Waals surface area contributed by atoms with Crippen LogP contribution in [0.1, 0.15) is 25.0 Å². The molecule has 1 N–H and O–H groups in total. The first-order chi connectivity index (χ1) is 13.4. The van der Waals surface area contributed by atoms with Crippen molar-refractivity contribution in [3.05, 3.63) is 69.2 Å². The van der Waals surface area contributed by atoms with Gasteiger partial charge in [-0.05, 0) is 43.2 Å². The van der Waals surface area contributed by atoms with Crippen LogP contribution < -0.4 is 5.32 Å². The molecule has 2 amide bonds. The van der Waals surface area contributed by atoms with E-state index in [9.17, 15) is 9.59 Å². The highest BCUT2D eigenvalue weighted by molar-refractivity contribution is 9.10. The highest BCUT2D eigenvalue weighted by atomic mass is 79.9. The summed E-state index contributed by atoms with van der Waals surface area (Å²) in [6.07, 6.45) is 0. The average Bonchev–Trinajstić information content (AvgIpc) is 2.68. The highest BCUT2D eigenvalue weighted by Gasteiger charge is 2.25. The van der Waals surface area contributed by atoms with E-state index in [1.165, 1.54) is 11.8 Å². The van der Waals surface area contributed by atoms with Crippen molar-refractivity contribution >= 4 is 51.1 Å². The lowest BCUT2D eigenvalue weighted by molar-refractivity contribution is -0.138. The van der Waals surface area contributed by atoms with Crippen LogP contribution in [0.3, 0.4) is 0 Å². The van der Waals surface area contributed by atoms with Crippen molar-refractivity contribution in [3.8, 4) is 0 Å². The number of likely N-dealkylation sites (N-methyl/N-ethyl adjacent to an activating group) is 1. The molecule has 2 aromatic rings. The number of halogens is 2. The van der Waals surface area contributed by atoms with Crippen LogP contribution >= 0.6 is 39.3 Å². The van der Waals surface area contributed by atoms with Gasteiger partial charge in [0.15, 0.2) is 0 Å². The Morgan fingerprint density at radius 1 is 1.18 bits per heavy atom. The van der Waals surface area contributed by atoms with Gasteiger partial charge in [-0.1, -0.05) is 57.9 Å². The van der Waals surface area contributed by atoms with Gasteiger partial charge in [0.25, 0.3) is 0 Å². The monoisotopic (exact) mass is 482 g/mol. The molecule has 0 aliphatic carbocycles. The van der Waals surface area contributed by atoms with Crippen molar-refractivity contribution in [2.75, 3.05) is 12.3 Å². The Morgan fingerprint density at radius 2 is 1.86 bits per heavy atom. The third kappa shape index (κ3) is 6.83. The molecule has 150 valence electrons. The maximum absolute atomic E-state index is 12.9. The van der Waals surface area contributed by atoms with E-state index in [1.54, 1.807) is 11.8 Å². The second-order valence-corrected chi connectivity index (χ2v) is 8.61. The maximum atomic E-state index is 12.9. The van der Waals surface area contributed by atoms with Crippen molar-refractivity contribution in [2.24, 2.45) is 0 Å². The number of hydrogen-bond donors (Lipinski definition) is 1. The Hall–Kier alpha value is -1.50. The van der Waals surface area contributed by atoms with Crippen LogP contribution in [0.5, 0.6) is 0 Å². The summed E-state index contributed by atoms with van der Waals surface area (Å²) in [5.74, 6) is 0.709. The summed E-state index contributed by atoms with van der Waals surface area (Å²) in [7, 11) is 0. The van der Waals surface area contributed by atoms with Crippen molar-refractivity contribution in [3.63, 3.8) is 0 Å². The minimum atomic E-state index is -0.544. The molecule has 2 aromatic carbocycles. The van der Waals surface area contributed by atoms with Crippen LogP contribution in [0.25, 0.3) is 0 Å². The summed E-state index contributed by atoms with van der Waals surface area (Å²) < 4.78 is 0.973. The highest BCUT2D eigenvalue weighted by Crippen LogP contribution is 2.22. The smallest absolute Gasteiger partial charge is 0.242 e. The standard InChI is InChI=1S/C21H24BrClN2O2S/c1-3-24-21(27)15(2)25(12-16-8-10-18(22)11-9-16)20(26)14-28-13-17-6-4-5-7-19(17)23/h4-11,15H,3,12-14H2,1-2H3,(H,24,27). The number of rotatable bonds is 9. The first-order valence-electron chi connectivity index (χ1n) is 9.05. The van der Waals surface area contributed by atoms with Gasteiger partial charge in [0.1, 0.15) is 6.04 Å². The molecule has 7 heteroatoms. The quantitative estimate of drug-likeness (QED) is 0.552. The Morgan fingerprint density at radius 3 is 2.50 bits per heavy atom. The predicted molar refractivity (Wildman–Crippen MR) is 120 cm³/mol. The zero-order valence-electron chi connectivity index (χ0n) is 16.0. The first-order valence-corrected chi connectivity index (χ1v) is 11.4. The topological polar surface area (TPSA) is 49.4 Å². The fourth-order valence-corrected chi connectivity index (χ4v) is 4.10. The molecule has 1 unspecified atom stereocenters. The molecular formula is C21H24BrClN2O2S. The molecule has 0 aliphatic rings. The van der Waals surface area contributed by atoms with Gasteiger partial charge >= 0.3 is 0 Å². The fraction of sp³-hybridized carbons (Fsp3) is 0.333. The molecule has 1 atom stereocenters. The van der Waals surface area contributed by atoms with Gasteiger partial charge in [0, 0.05) is 28.3 Å². The molecule has 0 spiro atoms. The summed E-state index contributed by atoms with van der Waals surface area (Å²) in [4.78, 5) is 26.9. The second kappa shape index (κ2) is 11.5. The van der Waals surface area contributed by atoms with E-state index in [0.29, 0.717) is 23.9 Å². The third-order valence-electron chi connectivity index (χ3n) is 4.23. The van der Waals surface area contributed by atoms with Crippen molar-refractivity contribution in [1.82, 2.24) is 10.2 Å². The van der Waals surface area contributed by atoms with Crippen molar-refractivity contribution in [2.45, 2.75) is 32.2 Å². The van der Waals surface area contributed by atoms with Crippen LogP contribution in [0.2, 0.25) is 5.02 Å². The molecule has 0 aliphatic heterocycles. The number of nitrogens with zero attached hydrogens (tertiary/aromatic N) is 1. The van der Waals surface area contributed by atoms with E-state index < -0.39 is 6.04 Å². The number of carbonyl (C=O) groups is 2. The van der Waals surface area contributed by atoms with E-state index in [1.807, 2.05) is 55.5 Å². The normalized spacial score (nSPS) is 11.7. The largest absolute Gasteiger partial charge is 0.355 e. The summed E-state index contributed by atoms with van der Waals surface area (Å²) in [6, 6.07) is 14.8. The average molecular weight is 484 g/mol. The Balaban J connectivity index is 2.05. The van der Waals surface area contributed by atoms with Crippen LogP contribution in [0.15, 0.2) is 53.0 Å². The molecular weight excluding hydrogens is 460 g/mol. The third-order valence-corrected chi connectivity index (χ3v) is 6.09. The second-order valence-electron chi connectivity index (χ2n) is 6.30. The molecule has 0 aromatic heterocycles. The Bertz CT molecular complexity index is 801. The lowest BCUT2D eigenvalue weighted by Gasteiger charge is -2.28. The molecule has 0 radical (unpaired) electrons. The SMILES string of the molecule is CCNC(=O)C(C)N(Cc1ccc(Br)cc1)C(=O)CSCc1ccccc1Cl. The predicted octanol–water partition coefficient (Wildman–Crippen LogP) is 4.89. The minimum absolute atomic E-state index is 0.0706.